The predicted molar refractivity (Wildman–Crippen MR) is 84.6 cm³/mol. The number of carbonyl (C=O) groups excluding carboxylic acids is 1. The Balaban J connectivity index is 1.81. The fourth-order valence-electron chi connectivity index (χ4n) is 2.12. The van der Waals surface area contributed by atoms with Gasteiger partial charge in [0.2, 0.25) is 5.78 Å². The lowest BCUT2D eigenvalue weighted by atomic mass is 10.1. The Kier molecular flexibility index (Phi) is 3.81. The van der Waals surface area contributed by atoms with Gasteiger partial charge in [-0.25, -0.2) is 0 Å². The van der Waals surface area contributed by atoms with Crippen LogP contribution < -0.4 is 5.56 Å². The number of thioether (sulfide) groups is 1. The van der Waals surface area contributed by atoms with E-state index in [0.717, 1.165) is 11.3 Å². The minimum absolute atomic E-state index is 0.0313. The lowest BCUT2D eigenvalue weighted by Gasteiger charge is -2.03. The number of carbonyl (C=O) groups is 1. The molecule has 0 saturated heterocycles. The van der Waals surface area contributed by atoms with Crippen LogP contribution >= 0.6 is 11.8 Å². The Labute approximate surface area is 130 Å². The molecule has 7 heteroatoms. The van der Waals surface area contributed by atoms with E-state index in [1.165, 1.54) is 17.8 Å². The van der Waals surface area contributed by atoms with Gasteiger partial charge in [-0.2, -0.15) is 0 Å². The molecule has 3 rings (SSSR count). The fraction of sp³-hybridized carbons (Fsp3) is 0.200. The molecule has 6 nitrogen and oxygen atoms in total. The first-order valence-corrected chi connectivity index (χ1v) is 7.71. The molecule has 0 spiro atoms. The van der Waals surface area contributed by atoms with E-state index in [0.29, 0.717) is 16.5 Å². The van der Waals surface area contributed by atoms with Crippen LogP contribution in [0.5, 0.6) is 0 Å². The highest BCUT2D eigenvalue weighted by Gasteiger charge is 2.12. The van der Waals surface area contributed by atoms with Crippen molar-refractivity contribution in [2.24, 2.45) is 0 Å². The van der Waals surface area contributed by atoms with Gasteiger partial charge < -0.3 is 0 Å². The van der Waals surface area contributed by atoms with E-state index >= 15 is 0 Å². The zero-order valence-electron chi connectivity index (χ0n) is 12.2. The third kappa shape index (κ3) is 2.80. The van der Waals surface area contributed by atoms with Crippen molar-refractivity contribution in [2.75, 3.05) is 5.75 Å². The Morgan fingerprint density at radius 1 is 1.23 bits per heavy atom. The van der Waals surface area contributed by atoms with E-state index < -0.39 is 0 Å². The fourth-order valence-corrected chi connectivity index (χ4v) is 3.00. The molecule has 3 aromatic rings. The van der Waals surface area contributed by atoms with E-state index in [1.54, 1.807) is 11.3 Å². The van der Waals surface area contributed by atoms with Crippen molar-refractivity contribution in [2.45, 2.75) is 19.0 Å². The number of fused-ring (bicyclic) bond motifs is 1. The topological polar surface area (TPSA) is 80.1 Å². The Bertz CT molecular complexity index is 896. The number of H-pyrrole nitrogens is 1. The molecule has 0 amide bonds. The molecular formula is C15H14N4O2S. The number of benzene rings is 1. The van der Waals surface area contributed by atoms with Crippen molar-refractivity contribution in [3.05, 3.63) is 57.5 Å². The van der Waals surface area contributed by atoms with Crippen molar-refractivity contribution in [3.8, 4) is 0 Å². The summed E-state index contributed by atoms with van der Waals surface area (Å²) >= 11 is 1.30. The molecule has 112 valence electrons. The highest BCUT2D eigenvalue weighted by molar-refractivity contribution is 7.99. The van der Waals surface area contributed by atoms with Gasteiger partial charge in [0.05, 0.1) is 5.75 Å². The van der Waals surface area contributed by atoms with Crippen LogP contribution in [0, 0.1) is 13.8 Å². The molecule has 0 atom stereocenters. The van der Waals surface area contributed by atoms with Gasteiger partial charge in [0.1, 0.15) is 0 Å². The highest BCUT2D eigenvalue weighted by atomic mass is 32.2. The first-order chi connectivity index (χ1) is 10.5. The van der Waals surface area contributed by atoms with Crippen molar-refractivity contribution >= 4 is 23.3 Å². The van der Waals surface area contributed by atoms with Crippen LogP contribution in [0.25, 0.3) is 5.78 Å². The molecule has 22 heavy (non-hydrogen) atoms. The Morgan fingerprint density at radius 2 is 1.95 bits per heavy atom. The Morgan fingerprint density at radius 3 is 2.68 bits per heavy atom. The standard InChI is InChI=1S/C15H14N4O2S/c1-9-3-5-11(6-4-9)12(20)8-22-15-18-17-14-16-13(21)7-10(2)19(14)15/h3-7H,8H2,1-2H3,(H,16,17,21). The van der Waals surface area contributed by atoms with Gasteiger partial charge in [0.25, 0.3) is 5.56 Å². The zero-order chi connectivity index (χ0) is 15.7. The van der Waals surface area contributed by atoms with Gasteiger partial charge in [-0.15, -0.1) is 10.2 Å². The molecule has 0 aliphatic carbocycles. The molecule has 2 heterocycles. The van der Waals surface area contributed by atoms with Crippen molar-refractivity contribution in [3.63, 3.8) is 0 Å². The number of aryl methyl sites for hydroxylation is 2. The van der Waals surface area contributed by atoms with Crippen LogP contribution in [0.4, 0.5) is 0 Å². The molecular weight excluding hydrogens is 300 g/mol. The van der Waals surface area contributed by atoms with Gasteiger partial charge in [0, 0.05) is 17.3 Å². The minimum atomic E-state index is -0.218. The van der Waals surface area contributed by atoms with Crippen LogP contribution in [-0.2, 0) is 0 Å². The van der Waals surface area contributed by atoms with Gasteiger partial charge in [-0.3, -0.25) is 19.0 Å². The van der Waals surface area contributed by atoms with Gasteiger partial charge in [-0.1, -0.05) is 41.6 Å². The molecule has 0 bridgehead atoms. The van der Waals surface area contributed by atoms with E-state index in [1.807, 2.05) is 31.2 Å². The summed E-state index contributed by atoms with van der Waals surface area (Å²) in [7, 11) is 0. The summed E-state index contributed by atoms with van der Waals surface area (Å²) < 4.78 is 1.73. The second-order valence-electron chi connectivity index (χ2n) is 4.99. The average Bonchev–Trinajstić information content (AvgIpc) is 2.88. The normalized spacial score (nSPS) is 11.0. The summed E-state index contributed by atoms with van der Waals surface area (Å²) in [6, 6.07) is 8.95. The zero-order valence-corrected chi connectivity index (χ0v) is 13.0. The number of nitrogens with zero attached hydrogens (tertiary/aromatic N) is 3. The monoisotopic (exact) mass is 314 g/mol. The molecule has 0 aliphatic heterocycles. The van der Waals surface area contributed by atoms with Crippen LogP contribution in [-0.4, -0.2) is 31.1 Å². The number of aromatic amines is 1. The van der Waals surface area contributed by atoms with Gasteiger partial charge in [-0.05, 0) is 13.8 Å². The maximum absolute atomic E-state index is 12.2. The van der Waals surface area contributed by atoms with E-state index in [9.17, 15) is 9.59 Å². The first-order valence-electron chi connectivity index (χ1n) is 6.72. The second kappa shape index (κ2) is 5.76. The summed E-state index contributed by atoms with van der Waals surface area (Å²) in [5, 5.41) is 8.55. The highest BCUT2D eigenvalue weighted by Crippen LogP contribution is 2.18. The largest absolute Gasteiger partial charge is 0.293 e. The molecule has 0 aliphatic rings. The lowest BCUT2D eigenvalue weighted by molar-refractivity contribution is 0.102. The van der Waals surface area contributed by atoms with Gasteiger partial charge >= 0.3 is 0 Å². The van der Waals surface area contributed by atoms with Gasteiger partial charge in [0.15, 0.2) is 10.9 Å². The summed E-state index contributed by atoms with van der Waals surface area (Å²) in [5.74, 6) is 0.682. The average molecular weight is 314 g/mol. The van der Waals surface area contributed by atoms with Crippen LogP contribution in [0.2, 0.25) is 0 Å². The molecule has 1 aromatic carbocycles. The van der Waals surface area contributed by atoms with Crippen LogP contribution in [0.15, 0.2) is 40.3 Å². The van der Waals surface area contributed by atoms with Crippen molar-refractivity contribution < 1.29 is 4.79 Å². The number of hydrogen-bond acceptors (Lipinski definition) is 5. The van der Waals surface area contributed by atoms with E-state index in [4.69, 9.17) is 0 Å². The summed E-state index contributed by atoms with van der Waals surface area (Å²) in [6.07, 6.45) is 0. The third-order valence-electron chi connectivity index (χ3n) is 3.27. The minimum Gasteiger partial charge on any atom is -0.293 e. The van der Waals surface area contributed by atoms with Crippen LogP contribution in [0.3, 0.4) is 0 Å². The Hall–Kier alpha value is -2.41. The lowest BCUT2D eigenvalue weighted by Crippen LogP contribution is -2.10. The number of aromatic nitrogens is 4. The number of nitrogens with one attached hydrogen (secondary N) is 1. The summed E-state index contributed by atoms with van der Waals surface area (Å²) in [6.45, 7) is 3.78. The molecule has 0 fully saturated rings. The maximum Gasteiger partial charge on any atom is 0.252 e. The van der Waals surface area contributed by atoms with E-state index in [-0.39, 0.29) is 17.1 Å². The van der Waals surface area contributed by atoms with Crippen molar-refractivity contribution in [1.82, 2.24) is 19.6 Å². The first kappa shape index (κ1) is 14.5. The number of rotatable bonds is 4. The number of hydrogen-bond donors (Lipinski definition) is 1. The smallest absolute Gasteiger partial charge is 0.252 e. The number of Topliss-reactive ketones (excluding diaryl/α,β-unsaturated/α-hetero) is 1. The molecule has 0 saturated carbocycles. The molecule has 0 radical (unpaired) electrons. The van der Waals surface area contributed by atoms with Crippen LogP contribution in [0.1, 0.15) is 21.6 Å². The van der Waals surface area contributed by atoms with Crippen molar-refractivity contribution in [1.29, 1.82) is 0 Å². The third-order valence-corrected chi connectivity index (χ3v) is 4.20. The summed E-state index contributed by atoms with van der Waals surface area (Å²) in [5.41, 5.74) is 2.31. The SMILES string of the molecule is Cc1ccc(C(=O)CSc2nnc3[nH]c(=O)cc(C)n23)cc1. The molecule has 0 unspecified atom stereocenters. The molecule has 2 aromatic heterocycles. The maximum atomic E-state index is 12.2. The predicted octanol–water partition coefficient (Wildman–Crippen LogP) is 2.01. The summed E-state index contributed by atoms with van der Waals surface area (Å²) in [4.78, 5) is 26.2. The number of ketones is 1. The van der Waals surface area contributed by atoms with E-state index in [2.05, 4.69) is 15.2 Å². The second-order valence-corrected chi connectivity index (χ2v) is 5.94. The quantitative estimate of drug-likeness (QED) is 0.588. The molecule has 1 N–H and O–H groups in total.